The SMILES string of the molecule is CCCN1CCN(C(=O)c2cccc([N+](=O)[O-])c2Cl)CC1. The quantitative estimate of drug-likeness (QED) is 0.632. The number of nitro benzene ring substituents is 1. The van der Waals surface area contributed by atoms with E-state index < -0.39 is 4.92 Å². The van der Waals surface area contributed by atoms with Gasteiger partial charge in [0, 0.05) is 32.2 Å². The van der Waals surface area contributed by atoms with Gasteiger partial charge in [-0.05, 0) is 19.0 Å². The molecule has 7 heteroatoms. The number of halogens is 1. The number of hydrogen-bond acceptors (Lipinski definition) is 4. The van der Waals surface area contributed by atoms with Crippen LogP contribution in [0.25, 0.3) is 0 Å². The molecule has 1 fully saturated rings. The second-order valence-electron chi connectivity index (χ2n) is 5.03. The third kappa shape index (κ3) is 3.51. The predicted molar refractivity (Wildman–Crippen MR) is 80.7 cm³/mol. The van der Waals surface area contributed by atoms with E-state index in [2.05, 4.69) is 11.8 Å². The van der Waals surface area contributed by atoms with Gasteiger partial charge in [-0.1, -0.05) is 24.6 Å². The predicted octanol–water partition coefficient (Wildman–Crippen LogP) is 2.42. The minimum Gasteiger partial charge on any atom is -0.336 e. The minimum absolute atomic E-state index is 0.0801. The lowest BCUT2D eigenvalue weighted by Crippen LogP contribution is -2.48. The number of benzene rings is 1. The molecule has 1 aliphatic rings. The van der Waals surface area contributed by atoms with Crippen LogP contribution in [-0.2, 0) is 0 Å². The van der Waals surface area contributed by atoms with Gasteiger partial charge in [-0.2, -0.15) is 0 Å². The van der Waals surface area contributed by atoms with E-state index in [9.17, 15) is 14.9 Å². The maximum absolute atomic E-state index is 12.5. The summed E-state index contributed by atoms with van der Waals surface area (Å²) in [7, 11) is 0. The molecule has 1 aromatic rings. The Labute approximate surface area is 128 Å². The summed E-state index contributed by atoms with van der Waals surface area (Å²) in [6.07, 6.45) is 1.09. The summed E-state index contributed by atoms with van der Waals surface area (Å²) in [6.45, 7) is 6.05. The molecular weight excluding hydrogens is 294 g/mol. The van der Waals surface area contributed by atoms with Crippen molar-refractivity contribution >= 4 is 23.2 Å². The van der Waals surface area contributed by atoms with Crippen LogP contribution in [0, 0.1) is 10.1 Å². The molecule has 1 heterocycles. The third-order valence-corrected chi connectivity index (χ3v) is 4.00. The van der Waals surface area contributed by atoms with E-state index in [4.69, 9.17) is 11.6 Å². The van der Waals surface area contributed by atoms with Crippen LogP contribution in [-0.4, -0.2) is 53.4 Å². The molecule has 0 atom stereocenters. The van der Waals surface area contributed by atoms with Crippen LogP contribution in [0.1, 0.15) is 23.7 Å². The molecule has 0 radical (unpaired) electrons. The highest BCUT2D eigenvalue weighted by atomic mass is 35.5. The first-order chi connectivity index (χ1) is 10.0. The largest absolute Gasteiger partial charge is 0.336 e. The number of carbonyl (C=O) groups excluding carboxylic acids is 1. The Morgan fingerprint density at radius 2 is 2.00 bits per heavy atom. The highest BCUT2D eigenvalue weighted by Crippen LogP contribution is 2.28. The van der Waals surface area contributed by atoms with Crippen molar-refractivity contribution in [3.63, 3.8) is 0 Å². The number of nitro groups is 1. The number of hydrogen-bond donors (Lipinski definition) is 0. The Hall–Kier alpha value is -1.66. The third-order valence-electron chi connectivity index (χ3n) is 3.60. The summed E-state index contributed by atoms with van der Waals surface area (Å²) < 4.78 is 0. The van der Waals surface area contributed by atoms with Crippen LogP contribution in [0.5, 0.6) is 0 Å². The van der Waals surface area contributed by atoms with E-state index in [1.807, 2.05) is 0 Å². The van der Waals surface area contributed by atoms with Gasteiger partial charge in [-0.3, -0.25) is 19.8 Å². The molecule has 0 unspecified atom stereocenters. The molecule has 114 valence electrons. The molecule has 1 aliphatic heterocycles. The van der Waals surface area contributed by atoms with Crippen molar-refractivity contribution in [2.24, 2.45) is 0 Å². The maximum Gasteiger partial charge on any atom is 0.288 e. The molecule has 2 rings (SSSR count). The summed E-state index contributed by atoms with van der Waals surface area (Å²) in [5, 5.41) is 10.8. The molecule has 0 bridgehead atoms. The van der Waals surface area contributed by atoms with Crippen LogP contribution in [0.3, 0.4) is 0 Å². The lowest BCUT2D eigenvalue weighted by Gasteiger charge is -2.34. The fraction of sp³-hybridized carbons (Fsp3) is 0.500. The van der Waals surface area contributed by atoms with Crippen molar-refractivity contribution in [2.75, 3.05) is 32.7 Å². The first-order valence-corrected chi connectivity index (χ1v) is 7.37. The van der Waals surface area contributed by atoms with Gasteiger partial charge in [0.15, 0.2) is 0 Å². The molecule has 0 aliphatic carbocycles. The Balaban J connectivity index is 2.11. The zero-order valence-corrected chi connectivity index (χ0v) is 12.7. The maximum atomic E-state index is 12.5. The zero-order valence-electron chi connectivity index (χ0n) is 11.9. The van der Waals surface area contributed by atoms with Crippen molar-refractivity contribution in [2.45, 2.75) is 13.3 Å². The average molecular weight is 312 g/mol. The molecule has 0 saturated carbocycles. The molecular formula is C14H18ClN3O3. The molecule has 0 aromatic heterocycles. The molecule has 21 heavy (non-hydrogen) atoms. The van der Waals surface area contributed by atoms with Gasteiger partial charge in [-0.15, -0.1) is 0 Å². The molecule has 1 amide bonds. The number of piperazine rings is 1. The van der Waals surface area contributed by atoms with Crippen LogP contribution in [0.15, 0.2) is 18.2 Å². The van der Waals surface area contributed by atoms with Crippen molar-refractivity contribution in [3.8, 4) is 0 Å². The average Bonchev–Trinajstić information content (AvgIpc) is 2.47. The van der Waals surface area contributed by atoms with Gasteiger partial charge in [0.25, 0.3) is 11.6 Å². The van der Waals surface area contributed by atoms with Gasteiger partial charge in [-0.25, -0.2) is 0 Å². The first-order valence-electron chi connectivity index (χ1n) is 6.99. The molecule has 0 spiro atoms. The van der Waals surface area contributed by atoms with E-state index in [0.717, 1.165) is 26.1 Å². The number of rotatable bonds is 4. The smallest absolute Gasteiger partial charge is 0.288 e. The lowest BCUT2D eigenvalue weighted by atomic mass is 10.1. The van der Waals surface area contributed by atoms with E-state index >= 15 is 0 Å². The first kappa shape index (κ1) is 15.7. The second kappa shape index (κ2) is 6.87. The second-order valence-corrected chi connectivity index (χ2v) is 5.41. The number of amides is 1. The summed E-state index contributed by atoms with van der Waals surface area (Å²) in [6, 6.07) is 4.33. The Bertz CT molecular complexity index is 542. The van der Waals surface area contributed by atoms with Crippen LogP contribution in [0.2, 0.25) is 5.02 Å². The highest BCUT2D eigenvalue weighted by Gasteiger charge is 2.26. The standard InChI is InChI=1S/C14H18ClN3O3/c1-2-6-16-7-9-17(10-8-16)14(19)11-4-3-5-12(13(11)15)18(20)21/h3-5H,2,6-10H2,1H3. The fourth-order valence-corrected chi connectivity index (χ4v) is 2.76. The van der Waals surface area contributed by atoms with Crippen molar-refractivity contribution in [1.82, 2.24) is 9.80 Å². The van der Waals surface area contributed by atoms with E-state index in [0.29, 0.717) is 13.1 Å². The topological polar surface area (TPSA) is 66.7 Å². The summed E-state index contributed by atoms with van der Waals surface area (Å²) in [5.74, 6) is -0.236. The van der Waals surface area contributed by atoms with E-state index in [1.165, 1.54) is 18.2 Å². The van der Waals surface area contributed by atoms with Crippen LogP contribution < -0.4 is 0 Å². The molecule has 6 nitrogen and oxygen atoms in total. The van der Waals surface area contributed by atoms with E-state index in [-0.39, 0.29) is 22.2 Å². The lowest BCUT2D eigenvalue weighted by molar-refractivity contribution is -0.384. The van der Waals surface area contributed by atoms with E-state index in [1.54, 1.807) is 4.90 Å². The molecule has 1 saturated heterocycles. The van der Waals surface area contributed by atoms with Crippen LogP contribution in [0.4, 0.5) is 5.69 Å². The monoisotopic (exact) mass is 311 g/mol. The van der Waals surface area contributed by atoms with Gasteiger partial charge >= 0.3 is 0 Å². The summed E-state index contributed by atoms with van der Waals surface area (Å²) >= 11 is 6.00. The summed E-state index contributed by atoms with van der Waals surface area (Å²) in [5.41, 5.74) is -0.0260. The normalized spacial score (nSPS) is 16.0. The van der Waals surface area contributed by atoms with Crippen LogP contribution >= 0.6 is 11.6 Å². The number of carbonyl (C=O) groups is 1. The minimum atomic E-state index is -0.571. The van der Waals surface area contributed by atoms with Gasteiger partial charge < -0.3 is 4.90 Å². The van der Waals surface area contributed by atoms with Gasteiger partial charge in [0.2, 0.25) is 0 Å². The summed E-state index contributed by atoms with van der Waals surface area (Å²) in [4.78, 5) is 26.8. The Kier molecular flexibility index (Phi) is 5.14. The zero-order chi connectivity index (χ0) is 15.4. The van der Waals surface area contributed by atoms with Gasteiger partial charge in [0.05, 0.1) is 10.5 Å². The van der Waals surface area contributed by atoms with Crippen molar-refractivity contribution < 1.29 is 9.72 Å². The number of nitrogens with zero attached hydrogens (tertiary/aromatic N) is 3. The van der Waals surface area contributed by atoms with Crippen molar-refractivity contribution in [3.05, 3.63) is 38.9 Å². The Morgan fingerprint density at radius 3 is 2.57 bits per heavy atom. The Morgan fingerprint density at radius 1 is 1.33 bits per heavy atom. The van der Waals surface area contributed by atoms with Gasteiger partial charge in [0.1, 0.15) is 5.02 Å². The van der Waals surface area contributed by atoms with Crippen molar-refractivity contribution in [1.29, 1.82) is 0 Å². The molecule has 0 N–H and O–H groups in total. The molecule has 1 aromatic carbocycles. The highest BCUT2D eigenvalue weighted by molar-refractivity contribution is 6.35. The fourth-order valence-electron chi connectivity index (χ4n) is 2.49.